The molecule has 3 heteroatoms. The summed E-state index contributed by atoms with van der Waals surface area (Å²) in [4.78, 5) is 2.51. The van der Waals surface area contributed by atoms with Gasteiger partial charge >= 0.3 is 0 Å². The average Bonchev–Trinajstić information content (AvgIpc) is 2.41. The Bertz CT molecular complexity index is 233. The Balaban J connectivity index is 1.78. The molecule has 0 aromatic carbocycles. The van der Waals surface area contributed by atoms with Crippen molar-refractivity contribution in [3.8, 4) is 0 Å². The molecular formula is C15H30N2O. The highest BCUT2D eigenvalue weighted by atomic mass is 16.5. The number of rotatable bonds is 5. The van der Waals surface area contributed by atoms with Crippen LogP contribution in [-0.2, 0) is 4.74 Å². The van der Waals surface area contributed by atoms with Gasteiger partial charge in [0.05, 0.1) is 6.61 Å². The van der Waals surface area contributed by atoms with Crippen LogP contribution in [0.3, 0.4) is 0 Å². The second-order valence-corrected chi connectivity index (χ2v) is 6.54. The molecule has 0 radical (unpaired) electrons. The largest absolute Gasteiger partial charge is 0.381 e. The summed E-state index contributed by atoms with van der Waals surface area (Å²) in [7, 11) is 2.26. The molecule has 1 aliphatic carbocycles. The van der Waals surface area contributed by atoms with E-state index in [-0.39, 0.29) is 0 Å². The summed E-state index contributed by atoms with van der Waals surface area (Å²) in [5.41, 5.74) is 6.47. The monoisotopic (exact) mass is 254 g/mol. The normalized spacial score (nSPS) is 28.5. The fourth-order valence-electron chi connectivity index (χ4n) is 3.76. The summed E-state index contributed by atoms with van der Waals surface area (Å²) in [6, 6.07) is 0. The molecule has 2 rings (SSSR count). The van der Waals surface area contributed by atoms with Crippen molar-refractivity contribution < 1.29 is 4.74 Å². The van der Waals surface area contributed by atoms with Crippen molar-refractivity contribution >= 4 is 0 Å². The molecule has 3 nitrogen and oxygen atoms in total. The first kappa shape index (κ1) is 14.3. The highest BCUT2D eigenvalue weighted by Crippen LogP contribution is 2.36. The summed E-state index contributed by atoms with van der Waals surface area (Å²) >= 11 is 0. The number of hydrogen-bond donors (Lipinski definition) is 1. The van der Waals surface area contributed by atoms with Crippen molar-refractivity contribution in [2.75, 3.05) is 39.9 Å². The smallest absolute Gasteiger partial charge is 0.0506 e. The molecule has 0 bridgehead atoms. The predicted molar refractivity (Wildman–Crippen MR) is 75.6 cm³/mol. The zero-order valence-electron chi connectivity index (χ0n) is 12.0. The maximum atomic E-state index is 6.07. The second-order valence-electron chi connectivity index (χ2n) is 6.54. The molecule has 1 saturated carbocycles. The predicted octanol–water partition coefficient (Wildman–Crippen LogP) is 2.25. The van der Waals surface area contributed by atoms with E-state index in [0.29, 0.717) is 5.41 Å². The van der Waals surface area contributed by atoms with Crippen LogP contribution in [0.25, 0.3) is 0 Å². The SMILES string of the molecule is CN(CC1CCCOC1)CC1(CN)CCCCC1. The van der Waals surface area contributed by atoms with Crippen molar-refractivity contribution in [2.24, 2.45) is 17.1 Å². The van der Waals surface area contributed by atoms with Gasteiger partial charge in [0.15, 0.2) is 0 Å². The van der Waals surface area contributed by atoms with E-state index in [1.165, 1.54) is 58.0 Å². The highest BCUT2D eigenvalue weighted by Gasteiger charge is 2.32. The average molecular weight is 254 g/mol. The zero-order valence-corrected chi connectivity index (χ0v) is 12.0. The van der Waals surface area contributed by atoms with E-state index in [2.05, 4.69) is 11.9 Å². The first-order valence-corrected chi connectivity index (χ1v) is 7.70. The lowest BCUT2D eigenvalue weighted by molar-refractivity contribution is 0.0323. The van der Waals surface area contributed by atoms with Crippen molar-refractivity contribution in [3.05, 3.63) is 0 Å². The van der Waals surface area contributed by atoms with Gasteiger partial charge in [-0.15, -0.1) is 0 Å². The molecule has 0 aromatic heterocycles. The Hall–Kier alpha value is -0.120. The van der Waals surface area contributed by atoms with Gasteiger partial charge in [-0.05, 0) is 50.6 Å². The van der Waals surface area contributed by atoms with Gasteiger partial charge in [0.25, 0.3) is 0 Å². The van der Waals surface area contributed by atoms with Gasteiger partial charge in [-0.25, -0.2) is 0 Å². The summed E-state index contributed by atoms with van der Waals surface area (Å²) in [5.74, 6) is 0.738. The highest BCUT2D eigenvalue weighted by molar-refractivity contribution is 4.86. The van der Waals surface area contributed by atoms with Gasteiger partial charge in [-0.2, -0.15) is 0 Å². The maximum Gasteiger partial charge on any atom is 0.0506 e. The van der Waals surface area contributed by atoms with E-state index in [9.17, 15) is 0 Å². The van der Waals surface area contributed by atoms with E-state index in [1.54, 1.807) is 0 Å². The van der Waals surface area contributed by atoms with Crippen LogP contribution in [0.1, 0.15) is 44.9 Å². The Morgan fingerprint density at radius 3 is 2.61 bits per heavy atom. The van der Waals surface area contributed by atoms with Crippen molar-refractivity contribution in [2.45, 2.75) is 44.9 Å². The van der Waals surface area contributed by atoms with Crippen LogP contribution in [0.5, 0.6) is 0 Å². The number of nitrogens with two attached hydrogens (primary N) is 1. The minimum Gasteiger partial charge on any atom is -0.381 e. The van der Waals surface area contributed by atoms with Crippen LogP contribution >= 0.6 is 0 Å². The molecule has 1 aliphatic heterocycles. The molecule has 0 aromatic rings. The molecule has 1 saturated heterocycles. The molecule has 1 atom stereocenters. The van der Waals surface area contributed by atoms with Gasteiger partial charge in [0.1, 0.15) is 0 Å². The van der Waals surface area contributed by atoms with Crippen LogP contribution in [0.2, 0.25) is 0 Å². The van der Waals surface area contributed by atoms with Crippen LogP contribution in [0.15, 0.2) is 0 Å². The zero-order chi connectivity index (χ0) is 12.8. The molecule has 0 amide bonds. The van der Waals surface area contributed by atoms with Crippen LogP contribution in [0.4, 0.5) is 0 Å². The molecule has 106 valence electrons. The maximum absolute atomic E-state index is 6.07. The van der Waals surface area contributed by atoms with Crippen molar-refractivity contribution in [1.29, 1.82) is 0 Å². The minimum atomic E-state index is 0.405. The summed E-state index contributed by atoms with van der Waals surface area (Å²) < 4.78 is 5.57. The molecule has 2 fully saturated rings. The minimum absolute atomic E-state index is 0.405. The summed E-state index contributed by atoms with van der Waals surface area (Å²) in [6.45, 7) is 5.15. The summed E-state index contributed by atoms with van der Waals surface area (Å²) in [5, 5.41) is 0. The number of ether oxygens (including phenoxy) is 1. The lowest BCUT2D eigenvalue weighted by atomic mass is 9.73. The lowest BCUT2D eigenvalue weighted by Crippen LogP contribution is -2.44. The molecular weight excluding hydrogens is 224 g/mol. The van der Waals surface area contributed by atoms with E-state index < -0.39 is 0 Å². The fourth-order valence-corrected chi connectivity index (χ4v) is 3.76. The van der Waals surface area contributed by atoms with E-state index in [0.717, 1.165) is 25.7 Å². The second kappa shape index (κ2) is 6.88. The molecule has 0 spiro atoms. The van der Waals surface area contributed by atoms with E-state index in [4.69, 9.17) is 10.5 Å². The van der Waals surface area contributed by atoms with Crippen LogP contribution in [-0.4, -0.2) is 44.8 Å². The Kier molecular flexibility index (Phi) is 5.46. The Morgan fingerprint density at radius 1 is 1.22 bits per heavy atom. The van der Waals surface area contributed by atoms with Crippen molar-refractivity contribution in [1.82, 2.24) is 4.90 Å². The molecule has 1 unspecified atom stereocenters. The van der Waals surface area contributed by atoms with Crippen molar-refractivity contribution in [3.63, 3.8) is 0 Å². The first-order chi connectivity index (χ1) is 8.74. The Morgan fingerprint density at radius 2 is 2.00 bits per heavy atom. The third-order valence-corrected chi connectivity index (χ3v) is 4.78. The van der Waals surface area contributed by atoms with E-state index >= 15 is 0 Å². The molecule has 2 aliphatic rings. The molecule has 1 heterocycles. The van der Waals surface area contributed by atoms with Crippen LogP contribution < -0.4 is 5.73 Å². The van der Waals surface area contributed by atoms with Crippen LogP contribution in [0, 0.1) is 11.3 Å². The fraction of sp³-hybridized carbons (Fsp3) is 1.00. The molecule has 2 N–H and O–H groups in total. The van der Waals surface area contributed by atoms with Gasteiger partial charge in [-0.3, -0.25) is 0 Å². The molecule has 18 heavy (non-hydrogen) atoms. The standard InChI is InChI=1S/C15H30N2O/c1-17(10-14-6-5-9-18-11-14)13-15(12-16)7-3-2-4-8-15/h14H,2-13,16H2,1H3. The summed E-state index contributed by atoms with van der Waals surface area (Å²) in [6.07, 6.45) is 9.38. The number of hydrogen-bond acceptors (Lipinski definition) is 3. The third kappa shape index (κ3) is 3.94. The third-order valence-electron chi connectivity index (χ3n) is 4.78. The first-order valence-electron chi connectivity index (χ1n) is 7.70. The number of nitrogens with zero attached hydrogens (tertiary/aromatic N) is 1. The van der Waals surface area contributed by atoms with E-state index in [1.807, 2.05) is 0 Å². The lowest BCUT2D eigenvalue weighted by Gasteiger charge is -2.40. The van der Waals surface area contributed by atoms with Gasteiger partial charge < -0.3 is 15.4 Å². The van der Waals surface area contributed by atoms with Gasteiger partial charge in [0, 0.05) is 19.7 Å². The van der Waals surface area contributed by atoms with Gasteiger partial charge in [-0.1, -0.05) is 19.3 Å². The topological polar surface area (TPSA) is 38.5 Å². The Labute approximate surface area is 112 Å². The quantitative estimate of drug-likeness (QED) is 0.818. The van der Waals surface area contributed by atoms with Gasteiger partial charge in [0.2, 0.25) is 0 Å².